The highest BCUT2D eigenvalue weighted by Gasteiger charge is 2.16. The number of rotatable bonds is 8. The second kappa shape index (κ2) is 9.96. The first-order chi connectivity index (χ1) is 15.1. The lowest BCUT2D eigenvalue weighted by molar-refractivity contribution is 0.00464. The molecular weight excluding hydrogens is 394 g/mol. The molecule has 0 amide bonds. The third-order valence-corrected chi connectivity index (χ3v) is 5.44. The molecule has 0 aliphatic carbocycles. The average Bonchev–Trinajstić information content (AvgIpc) is 3.24. The summed E-state index contributed by atoms with van der Waals surface area (Å²) < 4.78 is 18.6. The van der Waals surface area contributed by atoms with Gasteiger partial charge in [-0.1, -0.05) is 18.2 Å². The number of morpholine rings is 1. The largest absolute Gasteiger partial charge is 0.497 e. The summed E-state index contributed by atoms with van der Waals surface area (Å²) in [6.45, 7) is 3.90. The number of methoxy groups -OCH3 is 1. The van der Waals surface area contributed by atoms with Crippen LogP contribution < -0.4 is 9.47 Å². The summed E-state index contributed by atoms with van der Waals surface area (Å²) in [6, 6.07) is 16.1. The van der Waals surface area contributed by atoms with E-state index >= 15 is 0 Å². The maximum absolute atomic E-state index is 10.4. The fraction of sp³-hybridized carbons (Fsp3) is 0.375. The Bertz CT molecular complexity index is 998. The summed E-state index contributed by atoms with van der Waals surface area (Å²) in [5, 5.41) is 14.7. The number of ether oxygens (including phenoxy) is 3. The van der Waals surface area contributed by atoms with Crippen molar-refractivity contribution in [3.8, 4) is 33.9 Å². The average molecular weight is 424 g/mol. The van der Waals surface area contributed by atoms with E-state index in [0.717, 1.165) is 35.5 Å². The van der Waals surface area contributed by atoms with Crippen molar-refractivity contribution in [1.82, 2.24) is 14.7 Å². The zero-order chi connectivity index (χ0) is 21.6. The number of aromatic nitrogens is 2. The van der Waals surface area contributed by atoms with Gasteiger partial charge in [-0.3, -0.25) is 9.58 Å². The van der Waals surface area contributed by atoms with Gasteiger partial charge >= 0.3 is 0 Å². The van der Waals surface area contributed by atoms with Crippen molar-refractivity contribution in [2.75, 3.05) is 46.6 Å². The SMILES string of the molecule is COc1cc(OCC(O)CN2CCOCC2)cc(-c2cccc(-c3ccnn3C)c2)c1. The van der Waals surface area contributed by atoms with E-state index in [4.69, 9.17) is 14.2 Å². The van der Waals surface area contributed by atoms with Gasteiger partial charge in [-0.2, -0.15) is 5.10 Å². The molecule has 164 valence electrons. The van der Waals surface area contributed by atoms with E-state index in [1.165, 1.54) is 0 Å². The van der Waals surface area contributed by atoms with E-state index in [1.807, 2.05) is 42.1 Å². The lowest BCUT2D eigenvalue weighted by Crippen LogP contribution is -2.42. The summed E-state index contributed by atoms with van der Waals surface area (Å²) in [7, 11) is 3.57. The van der Waals surface area contributed by atoms with Crippen LogP contribution in [0.3, 0.4) is 0 Å². The van der Waals surface area contributed by atoms with Gasteiger partial charge in [0.05, 0.1) is 26.0 Å². The van der Waals surface area contributed by atoms with Gasteiger partial charge < -0.3 is 19.3 Å². The van der Waals surface area contributed by atoms with Crippen molar-refractivity contribution in [2.45, 2.75) is 6.10 Å². The summed E-state index contributed by atoms with van der Waals surface area (Å²) in [5.41, 5.74) is 4.17. The molecule has 1 unspecified atom stereocenters. The minimum absolute atomic E-state index is 0.221. The molecule has 2 heterocycles. The van der Waals surface area contributed by atoms with E-state index < -0.39 is 6.10 Å². The summed E-state index contributed by atoms with van der Waals surface area (Å²) >= 11 is 0. The van der Waals surface area contributed by atoms with Gasteiger partial charge in [-0.05, 0) is 35.4 Å². The number of aliphatic hydroxyl groups is 1. The number of hydrogen-bond donors (Lipinski definition) is 1. The standard InChI is InChI=1S/C24H29N3O4/c1-26-24(6-7-25-26)19-5-3-4-18(12-19)20-13-22(29-2)15-23(14-20)31-17-21(28)16-27-8-10-30-11-9-27/h3-7,12-15,21,28H,8-11,16-17H2,1-2H3. The van der Waals surface area contributed by atoms with E-state index in [-0.39, 0.29) is 6.61 Å². The van der Waals surface area contributed by atoms with Gasteiger partial charge in [0.15, 0.2) is 0 Å². The third-order valence-electron chi connectivity index (χ3n) is 5.44. The lowest BCUT2D eigenvalue weighted by atomic mass is 10.0. The first-order valence-corrected chi connectivity index (χ1v) is 10.5. The zero-order valence-electron chi connectivity index (χ0n) is 18.0. The molecule has 0 bridgehead atoms. The molecule has 1 aliphatic rings. The maximum Gasteiger partial charge on any atom is 0.123 e. The van der Waals surface area contributed by atoms with Crippen LogP contribution in [0, 0.1) is 0 Å². The van der Waals surface area contributed by atoms with Gasteiger partial charge in [0, 0.05) is 44.5 Å². The second-order valence-corrected chi connectivity index (χ2v) is 7.70. The Morgan fingerprint density at radius 1 is 1.03 bits per heavy atom. The number of hydrogen-bond acceptors (Lipinski definition) is 6. The monoisotopic (exact) mass is 423 g/mol. The Kier molecular flexibility index (Phi) is 6.86. The van der Waals surface area contributed by atoms with Crippen molar-refractivity contribution in [2.24, 2.45) is 7.05 Å². The molecule has 1 atom stereocenters. The molecule has 7 heteroatoms. The van der Waals surface area contributed by atoms with Crippen molar-refractivity contribution in [3.05, 3.63) is 54.7 Å². The number of nitrogens with zero attached hydrogens (tertiary/aromatic N) is 3. The van der Waals surface area contributed by atoms with Gasteiger partial charge in [-0.25, -0.2) is 0 Å². The Balaban J connectivity index is 1.49. The van der Waals surface area contributed by atoms with Gasteiger partial charge in [-0.15, -0.1) is 0 Å². The van der Waals surface area contributed by atoms with Crippen molar-refractivity contribution >= 4 is 0 Å². The molecule has 31 heavy (non-hydrogen) atoms. The molecule has 4 rings (SSSR count). The highest BCUT2D eigenvalue weighted by molar-refractivity contribution is 5.73. The molecule has 1 aliphatic heterocycles. The number of benzene rings is 2. The number of β-amino-alcohol motifs (C(OH)–C–C–N with tert-alkyl or cyclic N) is 1. The quantitative estimate of drug-likeness (QED) is 0.601. The minimum Gasteiger partial charge on any atom is -0.497 e. The van der Waals surface area contributed by atoms with Crippen LogP contribution >= 0.6 is 0 Å². The smallest absolute Gasteiger partial charge is 0.123 e. The summed E-state index contributed by atoms with van der Waals surface area (Å²) in [6.07, 6.45) is 1.22. The predicted octanol–water partition coefficient (Wildman–Crippen LogP) is 2.83. The first-order valence-electron chi connectivity index (χ1n) is 10.5. The van der Waals surface area contributed by atoms with Crippen LogP contribution in [0.4, 0.5) is 0 Å². The molecule has 1 saturated heterocycles. The van der Waals surface area contributed by atoms with Crippen LogP contribution in [0.5, 0.6) is 11.5 Å². The normalized spacial score (nSPS) is 15.6. The maximum atomic E-state index is 10.4. The van der Waals surface area contributed by atoms with Crippen molar-refractivity contribution in [1.29, 1.82) is 0 Å². The second-order valence-electron chi connectivity index (χ2n) is 7.70. The zero-order valence-corrected chi connectivity index (χ0v) is 18.0. The molecule has 2 aromatic carbocycles. The highest BCUT2D eigenvalue weighted by atomic mass is 16.5. The molecule has 1 N–H and O–H groups in total. The Labute approximate surface area is 182 Å². The summed E-state index contributed by atoms with van der Waals surface area (Å²) in [4.78, 5) is 2.19. The lowest BCUT2D eigenvalue weighted by Gasteiger charge is -2.28. The molecule has 3 aromatic rings. The van der Waals surface area contributed by atoms with Gasteiger partial charge in [0.25, 0.3) is 0 Å². The first kappa shape index (κ1) is 21.4. The molecule has 0 saturated carbocycles. The molecule has 0 spiro atoms. The van der Waals surface area contributed by atoms with E-state index in [2.05, 4.69) is 28.2 Å². The topological polar surface area (TPSA) is 69.0 Å². The fourth-order valence-electron chi connectivity index (χ4n) is 3.78. The number of aryl methyl sites for hydroxylation is 1. The molecular formula is C24H29N3O4. The summed E-state index contributed by atoms with van der Waals surface area (Å²) in [5.74, 6) is 1.38. The van der Waals surface area contributed by atoms with E-state index in [1.54, 1.807) is 13.3 Å². The highest BCUT2D eigenvalue weighted by Crippen LogP contribution is 2.32. The van der Waals surface area contributed by atoms with E-state index in [9.17, 15) is 5.11 Å². The van der Waals surface area contributed by atoms with Gasteiger partial charge in [0.1, 0.15) is 24.2 Å². The van der Waals surface area contributed by atoms with Crippen LogP contribution in [-0.4, -0.2) is 72.5 Å². The van der Waals surface area contributed by atoms with Crippen LogP contribution in [0.2, 0.25) is 0 Å². The number of aliphatic hydroxyl groups excluding tert-OH is 1. The minimum atomic E-state index is -0.569. The van der Waals surface area contributed by atoms with Crippen LogP contribution in [0.15, 0.2) is 54.7 Å². The molecule has 1 fully saturated rings. The molecule has 1 aromatic heterocycles. The van der Waals surface area contributed by atoms with Crippen LogP contribution in [0.1, 0.15) is 0 Å². The Morgan fingerprint density at radius 3 is 2.55 bits per heavy atom. The third kappa shape index (κ3) is 5.44. The van der Waals surface area contributed by atoms with Crippen molar-refractivity contribution < 1.29 is 19.3 Å². The van der Waals surface area contributed by atoms with Gasteiger partial charge in [0.2, 0.25) is 0 Å². The van der Waals surface area contributed by atoms with Crippen molar-refractivity contribution in [3.63, 3.8) is 0 Å². The Morgan fingerprint density at radius 2 is 1.81 bits per heavy atom. The molecule has 0 radical (unpaired) electrons. The predicted molar refractivity (Wildman–Crippen MR) is 119 cm³/mol. The van der Waals surface area contributed by atoms with Crippen LogP contribution in [-0.2, 0) is 11.8 Å². The Hall–Kier alpha value is -2.87. The van der Waals surface area contributed by atoms with Crippen LogP contribution in [0.25, 0.3) is 22.4 Å². The fourth-order valence-corrected chi connectivity index (χ4v) is 3.78. The van der Waals surface area contributed by atoms with E-state index in [0.29, 0.717) is 31.3 Å². The molecule has 7 nitrogen and oxygen atoms in total.